The number of nitrogens with one attached hydrogen (secondary N) is 1. The van der Waals surface area contributed by atoms with E-state index in [1.54, 1.807) is 0 Å². The van der Waals surface area contributed by atoms with Gasteiger partial charge < -0.3 is 20.3 Å². The summed E-state index contributed by atoms with van der Waals surface area (Å²) in [6.45, 7) is 0.838. The summed E-state index contributed by atoms with van der Waals surface area (Å²) in [6, 6.07) is 6.01. The molecule has 1 aliphatic heterocycles. The van der Waals surface area contributed by atoms with Crippen LogP contribution in [-0.2, 0) is 15.7 Å². The van der Waals surface area contributed by atoms with Gasteiger partial charge in [-0.05, 0) is 37.1 Å². The highest BCUT2D eigenvalue weighted by Crippen LogP contribution is 2.29. The molecule has 0 bridgehead atoms. The van der Waals surface area contributed by atoms with Gasteiger partial charge in [-0.25, -0.2) is 0 Å². The maximum absolute atomic E-state index is 12.5. The second-order valence-corrected chi connectivity index (χ2v) is 5.72. The lowest BCUT2D eigenvalue weighted by Gasteiger charge is -2.31. The Balaban J connectivity index is 0.00000243. The number of nitrogens with zero attached hydrogens (tertiary/aromatic N) is 2. The van der Waals surface area contributed by atoms with Crippen molar-refractivity contribution in [2.24, 2.45) is 5.73 Å². The van der Waals surface area contributed by atoms with Gasteiger partial charge in [-0.2, -0.15) is 18.2 Å². The Morgan fingerprint density at radius 2 is 1.81 bits per heavy atom. The first kappa shape index (κ1) is 20.1. The van der Waals surface area contributed by atoms with E-state index in [0.29, 0.717) is 37.3 Å². The minimum atomic E-state index is -4.70. The number of alkyl halides is 3. The second-order valence-electron chi connectivity index (χ2n) is 5.72. The SMILES string of the molecule is Cl.NC1(C(=O)Nc2ccc(-c3noc(C(F)(F)F)n3)cc2)CCOCC1. The van der Waals surface area contributed by atoms with Gasteiger partial charge in [0, 0.05) is 24.5 Å². The average molecular weight is 393 g/mol. The summed E-state index contributed by atoms with van der Waals surface area (Å²) >= 11 is 0. The third-order valence-corrected chi connectivity index (χ3v) is 3.91. The summed E-state index contributed by atoms with van der Waals surface area (Å²) in [5, 5.41) is 6.00. The Morgan fingerprint density at radius 1 is 1.19 bits per heavy atom. The maximum Gasteiger partial charge on any atom is 0.471 e. The van der Waals surface area contributed by atoms with Crippen LogP contribution in [-0.4, -0.2) is 34.8 Å². The molecule has 0 unspecified atom stereocenters. The number of ether oxygens (including phenoxy) is 1. The molecule has 1 aromatic heterocycles. The Hall–Kier alpha value is -2.17. The Bertz CT molecular complexity index is 758. The molecule has 142 valence electrons. The van der Waals surface area contributed by atoms with Crippen molar-refractivity contribution in [3.05, 3.63) is 30.2 Å². The molecule has 3 rings (SSSR count). The van der Waals surface area contributed by atoms with E-state index >= 15 is 0 Å². The molecule has 1 saturated heterocycles. The molecule has 0 radical (unpaired) electrons. The molecule has 7 nitrogen and oxygen atoms in total. The largest absolute Gasteiger partial charge is 0.471 e. The zero-order valence-electron chi connectivity index (χ0n) is 13.4. The topological polar surface area (TPSA) is 103 Å². The molecule has 2 heterocycles. The zero-order valence-corrected chi connectivity index (χ0v) is 14.2. The second kappa shape index (κ2) is 7.60. The molecule has 0 atom stereocenters. The smallest absolute Gasteiger partial charge is 0.381 e. The lowest BCUT2D eigenvalue weighted by Crippen LogP contribution is -2.54. The summed E-state index contributed by atoms with van der Waals surface area (Å²) in [5.74, 6) is -1.93. The summed E-state index contributed by atoms with van der Waals surface area (Å²) in [5.41, 5.74) is 5.88. The van der Waals surface area contributed by atoms with Gasteiger partial charge in [-0.15, -0.1) is 12.4 Å². The van der Waals surface area contributed by atoms with Gasteiger partial charge in [0.15, 0.2) is 0 Å². The predicted molar refractivity (Wildman–Crippen MR) is 87.6 cm³/mol. The Labute approximate surface area is 152 Å². The number of carbonyl (C=O) groups is 1. The van der Waals surface area contributed by atoms with Gasteiger partial charge in [0.2, 0.25) is 11.7 Å². The minimum Gasteiger partial charge on any atom is -0.381 e. The van der Waals surface area contributed by atoms with E-state index in [1.807, 2.05) is 0 Å². The summed E-state index contributed by atoms with van der Waals surface area (Å²) in [7, 11) is 0. The minimum absolute atomic E-state index is 0. The van der Waals surface area contributed by atoms with Crippen LogP contribution in [0.25, 0.3) is 11.4 Å². The number of halogens is 4. The van der Waals surface area contributed by atoms with E-state index in [4.69, 9.17) is 10.5 Å². The number of hydrogen-bond donors (Lipinski definition) is 2. The lowest BCUT2D eigenvalue weighted by atomic mass is 9.90. The maximum atomic E-state index is 12.5. The van der Waals surface area contributed by atoms with Gasteiger partial charge in [-0.3, -0.25) is 4.79 Å². The molecule has 1 fully saturated rings. The third kappa shape index (κ3) is 4.32. The van der Waals surface area contributed by atoms with Gasteiger partial charge in [0.1, 0.15) is 5.54 Å². The van der Waals surface area contributed by atoms with Crippen molar-refractivity contribution in [1.29, 1.82) is 0 Å². The van der Waals surface area contributed by atoms with Crippen LogP contribution >= 0.6 is 12.4 Å². The van der Waals surface area contributed by atoms with Crippen molar-refractivity contribution in [2.75, 3.05) is 18.5 Å². The molecular weight excluding hydrogens is 377 g/mol. The Morgan fingerprint density at radius 3 is 2.35 bits per heavy atom. The molecule has 11 heteroatoms. The van der Waals surface area contributed by atoms with E-state index in [0.717, 1.165) is 0 Å². The van der Waals surface area contributed by atoms with Crippen LogP contribution in [0.4, 0.5) is 18.9 Å². The summed E-state index contributed by atoms with van der Waals surface area (Å²) in [6.07, 6.45) is -3.86. The third-order valence-electron chi connectivity index (χ3n) is 3.91. The van der Waals surface area contributed by atoms with Gasteiger partial charge >= 0.3 is 12.1 Å². The number of aromatic nitrogens is 2. The number of carbonyl (C=O) groups excluding carboxylic acids is 1. The van der Waals surface area contributed by atoms with Crippen molar-refractivity contribution >= 4 is 24.0 Å². The highest BCUT2D eigenvalue weighted by atomic mass is 35.5. The molecule has 3 N–H and O–H groups in total. The number of hydrogen-bond acceptors (Lipinski definition) is 6. The fraction of sp³-hybridized carbons (Fsp3) is 0.400. The van der Waals surface area contributed by atoms with Crippen LogP contribution in [0.5, 0.6) is 0 Å². The number of rotatable bonds is 3. The van der Waals surface area contributed by atoms with Crippen LogP contribution in [0.15, 0.2) is 28.8 Å². The molecule has 0 spiro atoms. The van der Waals surface area contributed by atoms with Crippen LogP contribution in [0, 0.1) is 0 Å². The highest BCUT2D eigenvalue weighted by molar-refractivity contribution is 5.98. The normalized spacial score (nSPS) is 16.6. The molecule has 1 aromatic carbocycles. The van der Waals surface area contributed by atoms with E-state index in [9.17, 15) is 18.0 Å². The fourth-order valence-electron chi connectivity index (χ4n) is 2.38. The first-order valence-corrected chi connectivity index (χ1v) is 7.47. The monoisotopic (exact) mass is 392 g/mol. The average Bonchev–Trinajstić information content (AvgIpc) is 3.06. The quantitative estimate of drug-likeness (QED) is 0.832. The van der Waals surface area contributed by atoms with Crippen molar-refractivity contribution in [3.8, 4) is 11.4 Å². The molecule has 1 amide bonds. The highest BCUT2D eigenvalue weighted by Gasteiger charge is 2.38. The van der Waals surface area contributed by atoms with Crippen molar-refractivity contribution < 1.29 is 27.2 Å². The molecule has 2 aromatic rings. The van der Waals surface area contributed by atoms with Gasteiger partial charge in [0.25, 0.3) is 0 Å². The van der Waals surface area contributed by atoms with Crippen LogP contribution in [0.3, 0.4) is 0 Å². The standard InChI is InChI=1S/C15H15F3N4O3.ClH/c16-15(17,18)13-21-11(22-25-13)9-1-3-10(4-2-9)20-12(23)14(19)5-7-24-8-6-14;/h1-4H,5-8,19H2,(H,20,23);1H. The molecule has 0 saturated carbocycles. The van der Waals surface area contributed by atoms with Crippen LogP contribution < -0.4 is 11.1 Å². The molecule has 0 aliphatic carbocycles. The first-order valence-electron chi connectivity index (χ1n) is 7.47. The lowest BCUT2D eigenvalue weighted by molar-refractivity contribution is -0.159. The van der Waals surface area contributed by atoms with Crippen LogP contribution in [0.1, 0.15) is 18.7 Å². The number of benzene rings is 1. The van der Waals surface area contributed by atoms with Crippen molar-refractivity contribution in [1.82, 2.24) is 10.1 Å². The van der Waals surface area contributed by atoms with Crippen molar-refractivity contribution in [3.63, 3.8) is 0 Å². The molecule has 1 aliphatic rings. The zero-order chi connectivity index (χ0) is 18.1. The predicted octanol–water partition coefficient (Wildman–Crippen LogP) is 2.62. The van der Waals surface area contributed by atoms with Gasteiger partial charge in [-0.1, -0.05) is 5.16 Å². The van der Waals surface area contributed by atoms with Crippen molar-refractivity contribution in [2.45, 2.75) is 24.6 Å². The number of amides is 1. The summed E-state index contributed by atoms with van der Waals surface area (Å²) < 4.78 is 46.8. The van der Waals surface area contributed by atoms with Crippen LogP contribution in [0.2, 0.25) is 0 Å². The first-order chi connectivity index (χ1) is 11.8. The Kier molecular flexibility index (Phi) is 5.89. The van der Waals surface area contributed by atoms with E-state index in [2.05, 4.69) is 20.0 Å². The number of anilines is 1. The van der Waals surface area contributed by atoms with E-state index in [-0.39, 0.29) is 24.1 Å². The van der Waals surface area contributed by atoms with E-state index < -0.39 is 17.6 Å². The fourth-order valence-corrected chi connectivity index (χ4v) is 2.38. The molecular formula is C15H16ClF3N4O3. The number of nitrogens with two attached hydrogens (primary N) is 1. The van der Waals surface area contributed by atoms with E-state index in [1.165, 1.54) is 24.3 Å². The molecule has 26 heavy (non-hydrogen) atoms. The summed E-state index contributed by atoms with van der Waals surface area (Å²) in [4.78, 5) is 15.6. The van der Waals surface area contributed by atoms with Gasteiger partial charge in [0.05, 0.1) is 0 Å².